The summed E-state index contributed by atoms with van der Waals surface area (Å²) in [6.45, 7) is 0. The molecule has 1 heterocycles. The number of aromatic amines is 1. The van der Waals surface area contributed by atoms with Gasteiger partial charge in [-0.25, -0.2) is 0 Å². The van der Waals surface area contributed by atoms with Crippen molar-refractivity contribution in [1.82, 2.24) is 10.2 Å². The molecule has 0 saturated heterocycles. The average molecular weight is 212 g/mol. The van der Waals surface area contributed by atoms with Crippen molar-refractivity contribution in [2.45, 2.75) is 0 Å². The number of nitrogen functional groups attached to an aromatic ring is 1. The van der Waals surface area contributed by atoms with E-state index < -0.39 is 0 Å². The summed E-state index contributed by atoms with van der Waals surface area (Å²) in [5.74, 6) is 0. The number of halogens is 1. The Hall–Kier alpha value is -1.03. The van der Waals surface area contributed by atoms with Crippen molar-refractivity contribution in [2.24, 2.45) is 0 Å². The maximum Gasteiger partial charge on any atom is 0.0663 e. The van der Waals surface area contributed by atoms with Crippen molar-refractivity contribution in [1.29, 1.82) is 0 Å². The molecule has 0 amide bonds. The van der Waals surface area contributed by atoms with Gasteiger partial charge in [0.25, 0.3) is 0 Å². The second-order valence-electron chi connectivity index (χ2n) is 2.30. The van der Waals surface area contributed by atoms with Crippen LogP contribution in [0.2, 0.25) is 0 Å². The van der Waals surface area contributed by atoms with Gasteiger partial charge < -0.3 is 5.73 Å². The quantitative estimate of drug-likeness (QED) is 0.655. The molecule has 0 fully saturated rings. The largest absolute Gasteiger partial charge is 0.398 e. The summed E-state index contributed by atoms with van der Waals surface area (Å²) in [6.07, 6.45) is 1.75. The van der Waals surface area contributed by atoms with Gasteiger partial charge in [-0.15, -0.1) is 0 Å². The molecule has 0 bridgehead atoms. The Morgan fingerprint density at radius 1 is 1.45 bits per heavy atom. The van der Waals surface area contributed by atoms with E-state index >= 15 is 0 Å². The number of fused-ring (bicyclic) bond motifs is 1. The Morgan fingerprint density at radius 3 is 3.09 bits per heavy atom. The van der Waals surface area contributed by atoms with E-state index in [1.807, 2.05) is 12.1 Å². The summed E-state index contributed by atoms with van der Waals surface area (Å²) in [5, 5.41) is 7.76. The highest BCUT2D eigenvalue weighted by Gasteiger charge is 2.02. The van der Waals surface area contributed by atoms with E-state index in [0.29, 0.717) is 0 Å². The Bertz CT molecular complexity index is 393. The second-order valence-corrected chi connectivity index (χ2v) is 3.09. The molecule has 0 radical (unpaired) electrons. The van der Waals surface area contributed by atoms with E-state index in [1.165, 1.54) is 0 Å². The molecule has 0 spiro atoms. The van der Waals surface area contributed by atoms with Gasteiger partial charge in [0.2, 0.25) is 0 Å². The van der Waals surface area contributed by atoms with Crippen LogP contribution in [-0.4, -0.2) is 10.2 Å². The number of hydrogen-bond donors (Lipinski definition) is 2. The second kappa shape index (κ2) is 2.23. The maximum atomic E-state index is 5.66. The van der Waals surface area contributed by atoms with Gasteiger partial charge in [0.15, 0.2) is 0 Å². The van der Waals surface area contributed by atoms with Crippen LogP contribution in [0, 0.1) is 0 Å². The fraction of sp³-hybridized carbons (Fsp3) is 0. The SMILES string of the molecule is Nc1ccc2[nH]ncc2c1Br. The molecular formula is C7H6BrN3. The highest BCUT2D eigenvalue weighted by atomic mass is 79.9. The fourth-order valence-electron chi connectivity index (χ4n) is 1.000. The molecule has 0 unspecified atom stereocenters. The summed E-state index contributed by atoms with van der Waals surface area (Å²) < 4.78 is 0.906. The summed E-state index contributed by atoms with van der Waals surface area (Å²) in [7, 11) is 0. The summed E-state index contributed by atoms with van der Waals surface area (Å²) >= 11 is 3.37. The number of aromatic nitrogens is 2. The van der Waals surface area contributed by atoms with E-state index in [9.17, 15) is 0 Å². The first kappa shape index (κ1) is 6.67. The van der Waals surface area contributed by atoms with Crippen LogP contribution in [0.1, 0.15) is 0 Å². The summed E-state index contributed by atoms with van der Waals surface area (Å²) in [5.41, 5.74) is 7.38. The fourth-order valence-corrected chi connectivity index (χ4v) is 1.45. The molecule has 0 aliphatic carbocycles. The van der Waals surface area contributed by atoms with E-state index in [4.69, 9.17) is 5.73 Å². The minimum Gasteiger partial charge on any atom is -0.398 e. The predicted molar refractivity (Wildman–Crippen MR) is 48.2 cm³/mol. The van der Waals surface area contributed by atoms with Crippen LogP contribution in [0.4, 0.5) is 5.69 Å². The molecule has 0 aliphatic heterocycles. The topological polar surface area (TPSA) is 54.7 Å². The third-order valence-corrected chi connectivity index (χ3v) is 2.47. The monoisotopic (exact) mass is 211 g/mol. The molecular weight excluding hydrogens is 206 g/mol. The lowest BCUT2D eigenvalue weighted by Gasteiger charge is -1.96. The molecule has 0 saturated carbocycles. The Morgan fingerprint density at radius 2 is 2.27 bits per heavy atom. The molecule has 0 atom stereocenters. The number of nitrogens with zero attached hydrogens (tertiary/aromatic N) is 1. The average Bonchev–Trinajstić information content (AvgIpc) is 2.45. The van der Waals surface area contributed by atoms with Crippen LogP contribution in [0.25, 0.3) is 10.9 Å². The van der Waals surface area contributed by atoms with E-state index in [1.54, 1.807) is 6.20 Å². The molecule has 1 aromatic carbocycles. The molecule has 2 rings (SSSR count). The van der Waals surface area contributed by atoms with E-state index in [-0.39, 0.29) is 0 Å². The minimum absolute atomic E-state index is 0.735. The minimum atomic E-state index is 0.735. The van der Waals surface area contributed by atoms with Crippen LogP contribution >= 0.6 is 15.9 Å². The van der Waals surface area contributed by atoms with Crippen LogP contribution in [-0.2, 0) is 0 Å². The summed E-state index contributed by atoms with van der Waals surface area (Å²) in [6, 6.07) is 3.74. The first-order valence-corrected chi connectivity index (χ1v) is 3.95. The van der Waals surface area contributed by atoms with Gasteiger partial charge in [-0.3, -0.25) is 5.10 Å². The molecule has 11 heavy (non-hydrogen) atoms. The van der Waals surface area contributed by atoms with Crippen molar-refractivity contribution >= 4 is 32.5 Å². The number of hydrogen-bond acceptors (Lipinski definition) is 2. The number of nitrogens with one attached hydrogen (secondary N) is 1. The van der Waals surface area contributed by atoms with Crippen molar-refractivity contribution < 1.29 is 0 Å². The number of nitrogens with two attached hydrogens (primary N) is 1. The predicted octanol–water partition coefficient (Wildman–Crippen LogP) is 1.91. The first-order chi connectivity index (χ1) is 5.29. The van der Waals surface area contributed by atoms with E-state index in [0.717, 1.165) is 21.1 Å². The lowest BCUT2D eigenvalue weighted by molar-refractivity contribution is 1.12. The van der Waals surface area contributed by atoms with Crippen LogP contribution in [0.5, 0.6) is 0 Å². The summed E-state index contributed by atoms with van der Waals surface area (Å²) in [4.78, 5) is 0. The van der Waals surface area contributed by atoms with Crippen molar-refractivity contribution in [3.05, 3.63) is 22.8 Å². The van der Waals surface area contributed by atoms with Gasteiger partial charge in [0, 0.05) is 11.1 Å². The molecule has 0 aliphatic rings. The third kappa shape index (κ3) is 0.903. The molecule has 2 aromatic rings. The van der Waals surface area contributed by atoms with Crippen molar-refractivity contribution in [3.8, 4) is 0 Å². The highest BCUT2D eigenvalue weighted by molar-refractivity contribution is 9.10. The Labute approximate surface area is 71.7 Å². The lowest BCUT2D eigenvalue weighted by atomic mass is 10.2. The zero-order valence-electron chi connectivity index (χ0n) is 5.63. The Kier molecular flexibility index (Phi) is 1.35. The van der Waals surface area contributed by atoms with Crippen molar-refractivity contribution in [3.63, 3.8) is 0 Å². The number of anilines is 1. The zero-order valence-corrected chi connectivity index (χ0v) is 7.22. The third-order valence-electron chi connectivity index (χ3n) is 1.59. The van der Waals surface area contributed by atoms with Gasteiger partial charge in [-0.1, -0.05) is 0 Å². The van der Waals surface area contributed by atoms with Crippen molar-refractivity contribution in [2.75, 3.05) is 5.73 Å². The molecule has 56 valence electrons. The standard InChI is InChI=1S/C7H6BrN3/c8-7-4-3-10-11-6(4)2-1-5(7)9/h1-3H,9H2,(H,10,11). The first-order valence-electron chi connectivity index (χ1n) is 3.16. The van der Waals surface area contributed by atoms with E-state index in [2.05, 4.69) is 26.1 Å². The van der Waals surface area contributed by atoms with Gasteiger partial charge in [-0.05, 0) is 28.1 Å². The number of benzene rings is 1. The smallest absolute Gasteiger partial charge is 0.0663 e. The van der Waals surface area contributed by atoms with Crippen LogP contribution in [0.3, 0.4) is 0 Å². The molecule has 4 heteroatoms. The zero-order chi connectivity index (χ0) is 7.84. The maximum absolute atomic E-state index is 5.66. The molecule has 3 N–H and O–H groups in total. The van der Waals surface area contributed by atoms with Gasteiger partial charge >= 0.3 is 0 Å². The number of H-pyrrole nitrogens is 1. The normalized spacial score (nSPS) is 10.6. The Balaban J connectivity index is 2.93. The van der Waals surface area contributed by atoms with Crippen LogP contribution in [0.15, 0.2) is 22.8 Å². The van der Waals surface area contributed by atoms with Gasteiger partial charge in [0.1, 0.15) is 0 Å². The van der Waals surface area contributed by atoms with Gasteiger partial charge in [0.05, 0.1) is 16.2 Å². The lowest BCUT2D eigenvalue weighted by Crippen LogP contribution is -1.85. The molecule has 3 nitrogen and oxygen atoms in total. The van der Waals surface area contributed by atoms with Gasteiger partial charge in [-0.2, -0.15) is 5.10 Å². The number of rotatable bonds is 0. The highest BCUT2D eigenvalue weighted by Crippen LogP contribution is 2.27. The molecule has 1 aromatic heterocycles. The van der Waals surface area contributed by atoms with Crippen LogP contribution < -0.4 is 5.73 Å².